The van der Waals surface area contributed by atoms with Crippen molar-refractivity contribution in [2.24, 2.45) is 0 Å². The zero-order valence-corrected chi connectivity index (χ0v) is 21.1. The molecule has 0 aliphatic rings. The number of aryl methyl sites for hydroxylation is 2. The van der Waals surface area contributed by atoms with Gasteiger partial charge in [-0.2, -0.15) is 0 Å². The van der Waals surface area contributed by atoms with Gasteiger partial charge in [-0.3, -0.25) is 4.79 Å². The topological polar surface area (TPSA) is 69.7 Å². The molecule has 1 aromatic heterocycles. The lowest BCUT2D eigenvalue weighted by atomic mass is 10.1. The lowest BCUT2D eigenvalue weighted by Crippen LogP contribution is -2.28. The number of benzene rings is 3. The maximum atomic E-state index is 12.2. The highest BCUT2D eigenvalue weighted by molar-refractivity contribution is 7.13. The lowest BCUT2D eigenvalue weighted by molar-refractivity contribution is -0.123. The Balaban J connectivity index is 1.33. The van der Waals surface area contributed by atoms with Gasteiger partial charge in [0.15, 0.2) is 18.1 Å². The lowest BCUT2D eigenvalue weighted by Gasteiger charge is -2.09. The number of thiazole rings is 1. The van der Waals surface area contributed by atoms with Crippen molar-refractivity contribution in [3.05, 3.63) is 82.7 Å². The van der Waals surface area contributed by atoms with Crippen LogP contribution < -0.4 is 19.5 Å². The van der Waals surface area contributed by atoms with E-state index in [0.29, 0.717) is 23.8 Å². The zero-order chi connectivity index (χ0) is 24.8. The number of aromatic nitrogens is 1. The smallest absolute Gasteiger partial charge is 0.258 e. The minimum Gasteiger partial charge on any atom is -0.493 e. The molecule has 4 rings (SSSR count). The summed E-state index contributed by atoms with van der Waals surface area (Å²) in [6.07, 6.45) is 0. The maximum Gasteiger partial charge on any atom is 0.258 e. The predicted molar refractivity (Wildman–Crippen MR) is 139 cm³/mol. The molecule has 0 saturated carbocycles. The van der Waals surface area contributed by atoms with Crippen LogP contribution in [0.1, 0.15) is 16.7 Å². The summed E-state index contributed by atoms with van der Waals surface area (Å²) in [5.41, 5.74) is 6.21. The van der Waals surface area contributed by atoms with Crippen LogP contribution in [0.2, 0.25) is 0 Å². The number of hydrogen-bond acceptors (Lipinski definition) is 6. The minimum atomic E-state index is -0.160. The number of nitrogens with zero attached hydrogens (tertiary/aromatic N) is 1. The first-order chi connectivity index (χ1) is 17.0. The van der Waals surface area contributed by atoms with Crippen LogP contribution in [-0.2, 0) is 11.3 Å². The fraction of sp³-hybridized carbons (Fsp3) is 0.214. The van der Waals surface area contributed by atoms with Gasteiger partial charge in [-0.15, -0.1) is 11.3 Å². The third-order valence-corrected chi connectivity index (χ3v) is 6.61. The Morgan fingerprint density at radius 1 is 0.886 bits per heavy atom. The van der Waals surface area contributed by atoms with Crippen LogP contribution in [0.15, 0.2) is 66.0 Å². The van der Waals surface area contributed by atoms with Crippen molar-refractivity contribution in [3.63, 3.8) is 0 Å². The fourth-order valence-electron chi connectivity index (χ4n) is 3.50. The normalized spacial score (nSPS) is 10.6. The largest absolute Gasteiger partial charge is 0.493 e. The van der Waals surface area contributed by atoms with E-state index < -0.39 is 0 Å². The summed E-state index contributed by atoms with van der Waals surface area (Å²) in [7, 11) is 3.24. The molecule has 0 unspecified atom stereocenters. The fourth-order valence-corrected chi connectivity index (χ4v) is 4.34. The molecule has 1 amide bonds. The van der Waals surface area contributed by atoms with Gasteiger partial charge in [0.25, 0.3) is 5.91 Å². The summed E-state index contributed by atoms with van der Waals surface area (Å²) in [6.45, 7) is 4.49. The number of nitrogens with one attached hydrogen (secondary N) is 1. The number of carbonyl (C=O) groups is 1. The summed E-state index contributed by atoms with van der Waals surface area (Å²) < 4.78 is 16.3. The van der Waals surface area contributed by atoms with Gasteiger partial charge < -0.3 is 19.5 Å². The van der Waals surface area contributed by atoms with E-state index in [-0.39, 0.29) is 12.5 Å². The minimum absolute atomic E-state index is 0.0153. The molecule has 0 saturated heterocycles. The van der Waals surface area contributed by atoms with Gasteiger partial charge in [0.1, 0.15) is 10.8 Å². The van der Waals surface area contributed by atoms with Crippen molar-refractivity contribution >= 4 is 17.2 Å². The highest BCUT2D eigenvalue weighted by atomic mass is 32.1. The van der Waals surface area contributed by atoms with Crippen LogP contribution in [0.5, 0.6) is 17.2 Å². The van der Waals surface area contributed by atoms with Gasteiger partial charge in [-0.1, -0.05) is 30.3 Å². The zero-order valence-electron chi connectivity index (χ0n) is 20.3. The molecule has 35 heavy (non-hydrogen) atoms. The molecule has 0 fully saturated rings. The third kappa shape index (κ3) is 6.00. The van der Waals surface area contributed by atoms with Crippen LogP contribution in [0, 0.1) is 13.8 Å². The Morgan fingerprint density at radius 3 is 2.34 bits per heavy atom. The van der Waals surface area contributed by atoms with Crippen LogP contribution in [-0.4, -0.2) is 31.7 Å². The van der Waals surface area contributed by atoms with Crippen molar-refractivity contribution in [2.45, 2.75) is 20.4 Å². The van der Waals surface area contributed by atoms with E-state index in [4.69, 9.17) is 19.2 Å². The molecular weight excluding hydrogens is 460 g/mol. The predicted octanol–water partition coefficient (Wildman–Crippen LogP) is 5.81. The molecule has 0 atom stereocenters. The van der Waals surface area contributed by atoms with Crippen molar-refractivity contribution in [1.82, 2.24) is 10.3 Å². The summed E-state index contributed by atoms with van der Waals surface area (Å²) in [4.78, 5) is 17.0. The first kappa shape index (κ1) is 24.3. The molecule has 180 valence electrons. The second kappa shape index (κ2) is 11.1. The number of rotatable bonds is 9. The van der Waals surface area contributed by atoms with Gasteiger partial charge in [-0.25, -0.2) is 4.98 Å². The van der Waals surface area contributed by atoms with Gasteiger partial charge in [0.2, 0.25) is 0 Å². The van der Waals surface area contributed by atoms with Gasteiger partial charge >= 0.3 is 0 Å². The molecule has 3 aromatic carbocycles. The van der Waals surface area contributed by atoms with E-state index in [9.17, 15) is 4.79 Å². The molecule has 1 heterocycles. The first-order valence-corrected chi connectivity index (χ1v) is 12.1. The Kier molecular flexibility index (Phi) is 7.67. The molecule has 0 bridgehead atoms. The van der Waals surface area contributed by atoms with E-state index >= 15 is 0 Å². The first-order valence-electron chi connectivity index (χ1n) is 11.2. The number of amides is 1. The van der Waals surface area contributed by atoms with Crippen LogP contribution in [0.3, 0.4) is 0 Å². The summed E-state index contributed by atoms with van der Waals surface area (Å²) in [6, 6.07) is 19.6. The Morgan fingerprint density at radius 2 is 1.63 bits per heavy atom. The monoisotopic (exact) mass is 488 g/mol. The number of hydrogen-bond donors (Lipinski definition) is 1. The van der Waals surface area contributed by atoms with Crippen molar-refractivity contribution in [1.29, 1.82) is 0 Å². The molecule has 6 nitrogen and oxygen atoms in total. The Labute approximate surface area is 209 Å². The maximum absolute atomic E-state index is 12.2. The molecule has 0 aliphatic carbocycles. The van der Waals surface area contributed by atoms with Gasteiger partial charge in [0, 0.05) is 23.1 Å². The van der Waals surface area contributed by atoms with Crippen molar-refractivity contribution < 1.29 is 19.0 Å². The van der Waals surface area contributed by atoms with Crippen LogP contribution in [0.4, 0.5) is 0 Å². The van der Waals surface area contributed by atoms with Gasteiger partial charge in [0.05, 0.1) is 19.9 Å². The second-order valence-electron chi connectivity index (χ2n) is 8.12. The SMILES string of the molecule is COc1ccc(-c2csc(-c3ccc(CNC(=O)COc4ccc(C)c(C)c4)cc3)n2)cc1OC. The molecular formula is C28H28N2O4S. The average Bonchev–Trinajstić information content (AvgIpc) is 3.38. The summed E-state index contributed by atoms with van der Waals surface area (Å²) in [5.74, 6) is 1.90. The third-order valence-electron chi connectivity index (χ3n) is 5.72. The van der Waals surface area contributed by atoms with Crippen molar-refractivity contribution in [3.8, 4) is 39.1 Å². The Hall–Kier alpha value is -3.84. The van der Waals surface area contributed by atoms with Gasteiger partial charge in [-0.05, 0) is 60.9 Å². The van der Waals surface area contributed by atoms with E-state index in [1.165, 1.54) is 5.56 Å². The number of methoxy groups -OCH3 is 2. The van der Waals surface area contributed by atoms with E-state index in [0.717, 1.165) is 33.0 Å². The highest BCUT2D eigenvalue weighted by Gasteiger charge is 2.11. The molecule has 7 heteroatoms. The molecule has 0 radical (unpaired) electrons. The standard InChI is InChI=1S/C28H28N2O4S/c1-18-5-11-23(13-19(18)2)34-16-27(31)29-15-20-6-8-21(9-7-20)28-30-24(17-35-28)22-10-12-25(32-3)26(14-22)33-4/h5-14,17H,15-16H2,1-4H3,(H,29,31). The Bertz CT molecular complexity index is 1320. The van der Waals surface area contributed by atoms with Crippen LogP contribution in [0.25, 0.3) is 21.8 Å². The number of carbonyl (C=O) groups excluding carboxylic acids is 1. The van der Waals surface area contributed by atoms with Crippen LogP contribution >= 0.6 is 11.3 Å². The molecule has 1 N–H and O–H groups in total. The molecule has 0 aliphatic heterocycles. The molecule has 0 spiro atoms. The quantitative estimate of drug-likeness (QED) is 0.322. The van der Waals surface area contributed by atoms with E-state index in [1.807, 2.05) is 79.9 Å². The van der Waals surface area contributed by atoms with Crippen molar-refractivity contribution in [2.75, 3.05) is 20.8 Å². The highest BCUT2D eigenvalue weighted by Crippen LogP contribution is 2.34. The summed E-state index contributed by atoms with van der Waals surface area (Å²) >= 11 is 1.58. The number of ether oxygens (including phenoxy) is 3. The second-order valence-corrected chi connectivity index (χ2v) is 8.97. The molecule has 4 aromatic rings. The summed E-state index contributed by atoms with van der Waals surface area (Å²) in [5, 5.41) is 5.85. The van der Waals surface area contributed by atoms with E-state index in [2.05, 4.69) is 5.32 Å². The van der Waals surface area contributed by atoms with E-state index in [1.54, 1.807) is 25.6 Å². The average molecular weight is 489 g/mol.